The molecule has 9 nitrogen and oxygen atoms in total. The highest BCUT2D eigenvalue weighted by molar-refractivity contribution is 6.01. The lowest BCUT2D eigenvalue weighted by Gasteiger charge is -2.07. The van der Waals surface area contributed by atoms with Gasteiger partial charge in [-0.15, -0.1) is 5.10 Å². The number of ether oxygens (including phenoxy) is 2. The molecule has 1 amide bonds. The molecule has 3 rings (SSSR count). The van der Waals surface area contributed by atoms with Gasteiger partial charge < -0.3 is 13.9 Å². The Hall–Kier alpha value is -3.36. The van der Waals surface area contributed by atoms with Crippen LogP contribution in [0.1, 0.15) is 30.4 Å². The van der Waals surface area contributed by atoms with Crippen molar-refractivity contribution in [2.75, 3.05) is 19.5 Å². The van der Waals surface area contributed by atoms with Crippen LogP contribution in [0.15, 0.2) is 34.9 Å². The van der Waals surface area contributed by atoms with Crippen LogP contribution < -0.4 is 14.8 Å². The van der Waals surface area contributed by atoms with E-state index in [0.717, 1.165) is 0 Å². The summed E-state index contributed by atoms with van der Waals surface area (Å²) < 4.78 is 17.7. The van der Waals surface area contributed by atoms with Gasteiger partial charge in [-0.1, -0.05) is 5.10 Å². The zero-order valence-corrected chi connectivity index (χ0v) is 14.9. The molecule has 2 aromatic heterocycles. The fourth-order valence-electron chi connectivity index (χ4n) is 2.27. The molecule has 0 radical (unpaired) electrons. The Bertz CT molecular complexity index is 916. The number of nitrogens with one attached hydrogen (secondary N) is 1. The van der Waals surface area contributed by atoms with E-state index in [0.29, 0.717) is 17.1 Å². The largest absolute Gasteiger partial charge is 0.497 e. The second-order valence-corrected chi connectivity index (χ2v) is 5.71. The van der Waals surface area contributed by atoms with Crippen molar-refractivity contribution < 1.29 is 18.7 Å². The summed E-state index contributed by atoms with van der Waals surface area (Å²) in [6.45, 7) is 3.95. The van der Waals surface area contributed by atoms with Crippen LogP contribution in [0, 0.1) is 0 Å². The first-order valence-corrected chi connectivity index (χ1v) is 7.94. The van der Waals surface area contributed by atoms with Gasteiger partial charge in [0, 0.05) is 12.2 Å². The van der Waals surface area contributed by atoms with E-state index in [4.69, 9.17) is 13.9 Å². The molecule has 0 fully saturated rings. The fraction of sp³-hybridized carbons (Fsp3) is 0.294. The molecular weight excluding hydrogens is 338 g/mol. The third kappa shape index (κ3) is 3.51. The zero-order chi connectivity index (χ0) is 18.7. The average Bonchev–Trinajstić information content (AvgIpc) is 3.30. The number of amides is 1. The van der Waals surface area contributed by atoms with Gasteiger partial charge in [0.25, 0.3) is 11.8 Å². The number of carbonyl (C=O) groups is 1. The van der Waals surface area contributed by atoms with Crippen molar-refractivity contribution in [3.8, 4) is 23.0 Å². The number of nitrogens with zero attached hydrogens (tertiary/aromatic N) is 4. The Labute approximate surface area is 149 Å². The highest BCUT2D eigenvalue weighted by Gasteiger charge is 2.18. The zero-order valence-electron chi connectivity index (χ0n) is 14.9. The molecule has 0 aliphatic rings. The summed E-state index contributed by atoms with van der Waals surface area (Å²) >= 11 is 0. The van der Waals surface area contributed by atoms with E-state index in [9.17, 15) is 4.79 Å². The standard InChI is InChI=1S/C17H19N5O4/c1-10(2)22-8-7-13(21-22)15(23)18-17-20-19-16(26-17)12-9-11(24-3)5-6-14(12)25-4/h5-10H,1-4H3,(H,18,20,23). The predicted molar refractivity (Wildman–Crippen MR) is 93.4 cm³/mol. The van der Waals surface area contributed by atoms with Gasteiger partial charge >= 0.3 is 6.01 Å². The average molecular weight is 357 g/mol. The first-order valence-electron chi connectivity index (χ1n) is 7.94. The first-order chi connectivity index (χ1) is 12.5. The molecule has 0 bridgehead atoms. The van der Waals surface area contributed by atoms with E-state index in [1.165, 1.54) is 7.11 Å². The normalized spacial score (nSPS) is 10.8. The van der Waals surface area contributed by atoms with Crippen molar-refractivity contribution in [3.05, 3.63) is 36.2 Å². The molecule has 0 saturated carbocycles. The third-order valence-corrected chi connectivity index (χ3v) is 3.65. The Morgan fingerprint density at radius 3 is 2.65 bits per heavy atom. The maximum absolute atomic E-state index is 12.3. The summed E-state index contributed by atoms with van der Waals surface area (Å²) in [6.07, 6.45) is 1.74. The van der Waals surface area contributed by atoms with Gasteiger partial charge in [0.2, 0.25) is 0 Å². The molecule has 0 aliphatic heterocycles. The van der Waals surface area contributed by atoms with Gasteiger partial charge in [-0.3, -0.25) is 14.8 Å². The fourth-order valence-corrected chi connectivity index (χ4v) is 2.27. The van der Waals surface area contributed by atoms with Crippen LogP contribution in [0.25, 0.3) is 11.5 Å². The number of aromatic nitrogens is 4. The molecule has 26 heavy (non-hydrogen) atoms. The van der Waals surface area contributed by atoms with E-state index in [2.05, 4.69) is 20.6 Å². The summed E-state index contributed by atoms with van der Waals surface area (Å²) in [6, 6.07) is 6.95. The minimum atomic E-state index is -0.433. The van der Waals surface area contributed by atoms with E-state index in [-0.39, 0.29) is 23.6 Å². The summed E-state index contributed by atoms with van der Waals surface area (Å²) in [4.78, 5) is 12.3. The third-order valence-electron chi connectivity index (χ3n) is 3.65. The number of benzene rings is 1. The van der Waals surface area contributed by atoms with Crippen LogP contribution in [0.3, 0.4) is 0 Å². The quantitative estimate of drug-likeness (QED) is 0.723. The Morgan fingerprint density at radius 1 is 1.19 bits per heavy atom. The minimum absolute atomic E-state index is 0.0334. The Kier molecular flexibility index (Phi) is 4.87. The minimum Gasteiger partial charge on any atom is -0.497 e. The van der Waals surface area contributed by atoms with Crippen molar-refractivity contribution in [1.82, 2.24) is 20.0 Å². The number of hydrogen-bond donors (Lipinski definition) is 1. The van der Waals surface area contributed by atoms with Crippen LogP contribution in [-0.2, 0) is 0 Å². The Balaban J connectivity index is 1.80. The second-order valence-electron chi connectivity index (χ2n) is 5.71. The monoisotopic (exact) mass is 357 g/mol. The molecule has 0 aliphatic carbocycles. The van der Waals surface area contributed by atoms with Gasteiger partial charge in [-0.05, 0) is 38.1 Å². The number of rotatable bonds is 6. The van der Waals surface area contributed by atoms with Crippen LogP contribution in [0.4, 0.5) is 6.01 Å². The molecule has 0 saturated heterocycles. The molecule has 1 aromatic carbocycles. The summed E-state index contributed by atoms with van der Waals surface area (Å²) in [7, 11) is 3.09. The van der Waals surface area contributed by atoms with E-state index >= 15 is 0 Å². The van der Waals surface area contributed by atoms with Gasteiger partial charge in [-0.2, -0.15) is 5.10 Å². The predicted octanol–water partition coefficient (Wildman–Crippen LogP) is 2.78. The van der Waals surface area contributed by atoms with Crippen LogP contribution in [0.2, 0.25) is 0 Å². The SMILES string of the molecule is COc1ccc(OC)c(-c2nnc(NC(=O)c3ccn(C(C)C)n3)o2)c1. The molecule has 0 unspecified atom stereocenters. The van der Waals surface area contributed by atoms with Gasteiger partial charge in [0.15, 0.2) is 5.69 Å². The highest BCUT2D eigenvalue weighted by atomic mass is 16.5. The summed E-state index contributed by atoms with van der Waals surface area (Å²) in [5.74, 6) is 0.924. The molecule has 2 heterocycles. The van der Waals surface area contributed by atoms with Crippen molar-refractivity contribution >= 4 is 11.9 Å². The molecule has 0 atom stereocenters. The maximum Gasteiger partial charge on any atom is 0.322 e. The van der Waals surface area contributed by atoms with E-state index in [1.54, 1.807) is 42.3 Å². The van der Waals surface area contributed by atoms with Crippen LogP contribution in [0.5, 0.6) is 11.5 Å². The number of methoxy groups -OCH3 is 2. The van der Waals surface area contributed by atoms with E-state index in [1.807, 2.05) is 13.8 Å². The van der Waals surface area contributed by atoms with Gasteiger partial charge in [0.1, 0.15) is 11.5 Å². The molecule has 3 aromatic rings. The summed E-state index contributed by atoms with van der Waals surface area (Å²) in [5.41, 5.74) is 0.821. The molecular formula is C17H19N5O4. The lowest BCUT2D eigenvalue weighted by molar-refractivity contribution is 0.101. The van der Waals surface area contributed by atoms with Crippen molar-refractivity contribution in [3.63, 3.8) is 0 Å². The van der Waals surface area contributed by atoms with Crippen molar-refractivity contribution in [1.29, 1.82) is 0 Å². The van der Waals surface area contributed by atoms with Crippen LogP contribution >= 0.6 is 0 Å². The lowest BCUT2D eigenvalue weighted by atomic mass is 10.2. The van der Waals surface area contributed by atoms with Crippen LogP contribution in [-0.4, -0.2) is 40.1 Å². The lowest BCUT2D eigenvalue weighted by Crippen LogP contribution is -2.14. The number of carbonyl (C=O) groups excluding carboxylic acids is 1. The number of anilines is 1. The maximum atomic E-state index is 12.3. The molecule has 136 valence electrons. The molecule has 0 spiro atoms. The van der Waals surface area contributed by atoms with Crippen molar-refractivity contribution in [2.24, 2.45) is 0 Å². The van der Waals surface area contributed by atoms with Gasteiger partial charge in [-0.25, -0.2) is 0 Å². The van der Waals surface area contributed by atoms with Gasteiger partial charge in [0.05, 0.1) is 19.8 Å². The Morgan fingerprint density at radius 2 is 2.00 bits per heavy atom. The molecule has 1 N–H and O–H groups in total. The van der Waals surface area contributed by atoms with Crippen molar-refractivity contribution in [2.45, 2.75) is 19.9 Å². The first kappa shape index (κ1) is 17.5. The second kappa shape index (κ2) is 7.26. The topological polar surface area (TPSA) is 104 Å². The highest BCUT2D eigenvalue weighted by Crippen LogP contribution is 2.33. The van der Waals surface area contributed by atoms with E-state index < -0.39 is 5.91 Å². The molecule has 9 heteroatoms. The summed E-state index contributed by atoms with van der Waals surface area (Å²) in [5, 5.41) is 14.5. The smallest absolute Gasteiger partial charge is 0.322 e. The number of hydrogen-bond acceptors (Lipinski definition) is 7.